The van der Waals surface area contributed by atoms with Crippen molar-refractivity contribution in [3.8, 4) is 11.5 Å². The Labute approximate surface area is 119 Å². The molecule has 0 bridgehead atoms. The fourth-order valence-corrected chi connectivity index (χ4v) is 1.77. The molecule has 0 amide bonds. The van der Waals surface area contributed by atoms with Crippen molar-refractivity contribution in [2.24, 2.45) is 0 Å². The van der Waals surface area contributed by atoms with E-state index in [1.165, 1.54) is 25.3 Å². The molecule has 1 aliphatic heterocycles. The van der Waals surface area contributed by atoms with Crippen molar-refractivity contribution in [2.75, 3.05) is 20.3 Å². The molecular formula is C13H14O8. The molecule has 3 N–H and O–H groups in total. The Bertz CT molecular complexity index is 569. The van der Waals surface area contributed by atoms with Gasteiger partial charge in [0.25, 0.3) is 0 Å². The zero-order chi connectivity index (χ0) is 15.6. The van der Waals surface area contributed by atoms with E-state index in [0.29, 0.717) is 0 Å². The Morgan fingerprint density at radius 1 is 1.52 bits per heavy atom. The summed E-state index contributed by atoms with van der Waals surface area (Å²) in [6.07, 6.45) is -1.76. The number of aromatic hydroxyl groups is 1. The molecule has 1 aliphatic rings. The number of hydrogen-bond acceptors (Lipinski definition) is 8. The van der Waals surface area contributed by atoms with Crippen LogP contribution in [0.4, 0.5) is 0 Å². The molecule has 2 unspecified atom stereocenters. The maximum absolute atomic E-state index is 11.8. The minimum Gasteiger partial charge on any atom is -0.504 e. The first-order chi connectivity index (χ1) is 9.87. The van der Waals surface area contributed by atoms with Crippen LogP contribution < -0.4 is 4.74 Å². The highest BCUT2D eigenvalue weighted by atomic mass is 16.6. The number of phenols is 1. The number of rotatable bonds is 4. The van der Waals surface area contributed by atoms with Gasteiger partial charge in [-0.05, 0) is 18.2 Å². The van der Waals surface area contributed by atoms with Gasteiger partial charge in [0.1, 0.15) is 13.2 Å². The van der Waals surface area contributed by atoms with E-state index in [1.807, 2.05) is 0 Å². The highest BCUT2D eigenvalue weighted by Crippen LogP contribution is 2.27. The molecule has 0 aliphatic carbocycles. The Kier molecular flexibility index (Phi) is 4.01. The second-order valence-corrected chi connectivity index (χ2v) is 4.58. The number of carbonyl (C=O) groups is 2. The number of phenolic OH excluding ortho intramolecular Hbond substituents is 1. The van der Waals surface area contributed by atoms with Gasteiger partial charge in [-0.2, -0.15) is 0 Å². The largest absolute Gasteiger partial charge is 0.504 e. The molecule has 1 aromatic carbocycles. The lowest BCUT2D eigenvalue weighted by Crippen LogP contribution is -2.47. The fraction of sp³-hybridized carbons (Fsp3) is 0.385. The van der Waals surface area contributed by atoms with E-state index in [4.69, 9.17) is 9.47 Å². The van der Waals surface area contributed by atoms with Crippen LogP contribution in [0.3, 0.4) is 0 Å². The molecule has 0 saturated carbocycles. The number of methoxy groups -OCH3 is 1. The van der Waals surface area contributed by atoms with Gasteiger partial charge >= 0.3 is 11.9 Å². The van der Waals surface area contributed by atoms with Crippen LogP contribution in [0.2, 0.25) is 0 Å². The minimum atomic E-state index is -1.96. The van der Waals surface area contributed by atoms with Crippen LogP contribution >= 0.6 is 0 Å². The number of cyclic esters (lactones) is 1. The van der Waals surface area contributed by atoms with E-state index in [0.717, 1.165) is 0 Å². The molecule has 114 valence electrons. The predicted molar refractivity (Wildman–Crippen MR) is 66.9 cm³/mol. The third-order valence-electron chi connectivity index (χ3n) is 3.07. The summed E-state index contributed by atoms with van der Waals surface area (Å²) >= 11 is 0. The van der Waals surface area contributed by atoms with Crippen molar-refractivity contribution in [1.29, 1.82) is 0 Å². The summed E-state index contributed by atoms with van der Waals surface area (Å²) in [4.78, 5) is 22.8. The van der Waals surface area contributed by atoms with Gasteiger partial charge in [-0.3, -0.25) is 0 Å². The van der Waals surface area contributed by atoms with E-state index in [2.05, 4.69) is 4.74 Å². The molecule has 2 rings (SSSR count). The summed E-state index contributed by atoms with van der Waals surface area (Å²) in [5, 5.41) is 28.8. The summed E-state index contributed by atoms with van der Waals surface area (Å²) in [5.74, 6) is -1.84. The Morgan fingerprint density at radius 3 is 2.81 bits per heavy atom. The van der Waals surface area contributed by atoms with E-state index in [-0.39, 0.29) is 17.1 Å². The number of esters is 2. The molecule has 0 aromatic heterocycles. The lowest BCUT2D eigenvalue weighted by atomic mass is 10.0. The first kappa shape index (κ1) is 15.1. The van der Waals surface area contributed by atoms with Gasteiger partial charge in [-0.25, -0.2) is 9.59 Å². The van der Waals surface area contributed by atoms with Gasteiger partial charge < -0.3 is 29.5 Å². The average Bonchev–Trinajstić information content (AvgIpc) is 2.74. The summed E-state index contributed by atoms with van der Waals surface area (Å²) in [6, 6.07) is 3.81. The Morgan fingerprint density at radius 2 is 2.24 bits per heavy atom. The molecule has 0 spiro atoms. The van der Waals surface area contributed by atoms with E-state index in [1.54, 1.807) is 0 Å². The van der Waals surface area contributed by atoms with Crippen molar-refractivity contribution in [2.45, 2.75) is 11.7 Å². The molecule has 1 fully saturated rings. The van der Waals surface area contributed by atoms with Crippen LogP contribution in [-0.4, -0.2) is 59.3 Å². The summed E-state index contributed by atoms with van der Waals surface area (Å²) in [7, 11) is 1.32. The Hall–Kier alpha value is -2.32. The zero-order valence-electron chi connectivity index (χ0n) is 11.1. The van der Waals surface area contributed by atoms with E-state index < -0.39 is 36.9 Å². The molecule has 2 atom stereocenters. The maximum atomic E-state index is 11.8. The van der Waals surface area contributed by atoms with Crippen molar-refractivity contribution < 1.29 is 39.1 Å². The maximum Gasteiger partial charge on any atom is 0.338 e. The SMILES string of the molecule is COc1cc(C(=O)OCC2(O)COC(=O)C2O)ccc1O. The van der Waals surface area contributed by atoms with E-state index >= 15 is 0 Å². The highest BCUT2D eigenvalue weighted by Gasteiger charge is 2.49. The molecule has 1 saturated heterocycles. The molecule has 0 radical (unpaired) electrons. The van der Waals surface area contributed by atoms with Crippen molar-refractivity contribution in [3.05, 3.63) is 23.8 Å². The smallest absolute Gasteiger partial charge is 0.338 e. The third kappa shape index (κ3) is 2.91. The van der Waals surface area contributed by atoms with Crippen molar-refractivity contribution in [1.82, 2.24) is 0 Å². The first-order valence-electron chi connectivity index (χ1n) is 5.98. The lowest BCUT2D eigenvalue weighted by Gasteiger charge is -2.21. The molecule has 1 aromatic rings. The average molecular weight is 298 g/mol. The topological polar surface area (TPSA) is 123 Å². The number of benzene rings is 1. The van der Waals surface area contributed by atoms with Crippen LogP contribution in [0.5, 0.6) is 11.5 Å². The van der Waals surface area contributed by atoms with Gasteiger partial charge in [0.15, 0.2) is 23.2 Å². The summed E-state index contributed by atoms with van der Waals surface area (Å²) in [5.41, 5.74) is -1.89. The van der Waals surface area contributed by atoms with Crippen LogP contribution in [0, 0.1) is 0 Å². The van der Waals surface area contributed by atoms with Crippen LogP contribution in [0.25, 0.3) is 0 Å². The summed E-state index contributed by atoms with van der Waals surface area (Å²) < 4.78 is 14.2. The number of aliphatic hydroxyl groups excluding tert-OH is 1. The molecule has 8 heteroatoms. The zero-order valence-corrected chi connectivity index (χ0v) is 11.1. The Balaban J connectivity index is 2.04. The second-order valence-electron chi connectivity index (χ2n) is 4.58. The van der Waals surface area contributed by atoms with E-state index in [9.17, 15) is 24.9 Å². The van der Waals surface area contributed by atoms with Crippen molar-refractivity contribution in [3.63, 3.8) is 0 Å². The number of hydrogen-bond donors (Lipinski definition) is 3. The minimum absolute atomic E-state index is 0.0768. The van der Waals surface area contributed by atoms with Gasteiger partial charge in [-0.1, -0.05) is 0 Å². The first-order valence-corrected chi connectivity index (χ1v) is 5.98. The monoisotopic (exact) mass is 298 g/mol. The highest BCUT2D eigenvalue weighted by molar-refractivity contribution is 5.90. The van der Waals surface area contributed by atoms with Crippen LogP contribution in [-0.2, 0) is 14.3 Å². The van der Waals surface area contributed by atoms with Gasteiger partial charge in [0.2, 0.25) is 0 Å². The standard InChI is InChI=1S/C13H14O8/c1-19-9-4-7(2-3-8(9)14)11(16)20-5-13(18)6-21-12(17)10(13)15/h2-4,10,14-15,18H,5-6H2,1H3. The molecule has 8 nitrogen and oxygen atoms in total. The molecule has 1 heterocycles. The number of ether oxygens (including phenoxy) is 3. The van der Waals surface area contributed by atoms with Gasteiger partial charge in [-0.15, -0.1) is 0 Å². The lowest BCUT2D eigenvalue weighted by molar-refractivity contribution is -0.147. The fourth-order valence-electron chi connectivity index (χ4n) is 1.77. The number of carbonyl (C=O) groups excluding carboxylic acids is 2. The normalized spacial score (nSPS) is 24.5. The predicted octanol–water partition coefficient (Wildman–Crippen LogP) is -0.794. The molecule has 21 heavy (non-hydrogen) atoms. The third-order valence-corrected chi connectivity index (χ3v) is 3.07. The second kappa shape index (κ2) is 5.58. The summed E-state index contributed by atoms with van der Waals surface area (Å²) in [6.45, 7) is -1.07. The van der Waals surface area contributed by atoms with Crippen molar-refractivity contribution >= 4 is 11.9 Å². The number of aliphatic hydroxyl groups is 2. The van der Waals surface area contributed by atoms with Crippen LogP contribution in [0.15, 0.2) is 18.2 Å². The quantitative estimate of drug-likeness (QED) is 0.618. The molecular weight excluding hydrogens is 284 g/mol. The van der Waals surface area contributed by atoms with Gasteiger partial charge in [0, 0.05) is 0 Å². The van der Waals surface area contributed by atoms with Gasteiger partial charge in [0.05, 0.1) is 12.7 Å². The van der Waals surface area contributed by atoms with Crippen LogP contribution in [0.1, 0.15) is 10.4 Å².